The van der Waals surface area contributed by atoms with E-state index < -0.39 is 10.0 Å². The minimum absolute atomic E-state index is 0.165. The average molecular weight is 323 g/mol. The molecule has 0 heterocycles. The van der Waals surface area contributed by atoms with Crippen LogP contribution in [0.3, 0.4) is 0 Å². The van der Waals surface area contributed by atoms with Crippen LogP contribution in [0.4, 0.5) is 0 Å². The van der Waals surface area contributed by atoms with Gasteiger partial charge in [-0.15, -0.1) is 4.40 Å². The zero-order chi connectivity index (χ0) is 15.5. The minimum atomic E-state index is -3.75. The van der Waals surface area contributed by atoms with E-state index in [0.29, 0.717) is 16.4 Å². The van der Waals surface area contributed by atoms with Crippen molar-refractivity contribution in [2.24, 2.45) is 4.40 Å². The molecule has 2 aromatic rings. The molecular weight excluding hydrogens is 308 g/mol. The number of sulfonamides is 1. The molecule has 0 saturated heterocycles. The van der Waals surface area contributed by atoms with E-state index >= 15 is 0 Å². The lowest BCUT2D eigenvalue weighted by Gasteiger charge is -2.16. The van der Waals surface area contributed by atoms with Crippen molar-refractivity contribution in [3.8, 4) is 0 Å². The summed E-state index contributed by atoms with van der Waals surface area (Å²) in [5.74, 6) is 0.357. The summed E-state index contributed by atoms with van der Waals surface area (Å²) in [4.78, 5) is 1.82. The maximum Gasteiger partial charge on any atom is 0.284 e. The van der Waals surface area contributed by atoms with Crippen LogP contribution < -0.4 is 0 Å². The number of hydrogen-bond acceptors (Lipinski definition) is 2. The molecule has 0 unspecified atom stereocenters. The molecule has 0 radical (unpaired) electrons. The number of benzene rings is 2. The number of hydrogen-bond donors (Lipinski definition) is 0. The van der Waals surface area contributed by atoms with E-state index in [2.05, 4.69) is 4.40 Å². The second kappa shape index (κ2) is 6.28. The van der Waals surface area contributed by atoms with E-state index in [9.17, 15) is 8.42 Å². The second-order valence-electron chi connectivity index (χ2n) is 4.60. The average Bonchev–Trinajstić information content (AvgIpc) is 2.47. The van der Waals surface area contributed by atoms with Crippen molar-refractivity contribution in [2.75, 3.05) is 14.1 Å². The molecular formula is C15H15ClN2O2S. The van der Waals surface area contributed by atoms with Crippen molar-refractivity contribution in [3.05, 3.63) is 65.2 Å². The fourth-order valence-electron chi connectivity index (χ4n) is 1.75. The summed E-state index contributed by atoms with van der Waals surface area (Å²) in [6.45, 7) is 0. The predicted molar refractivity (Wildman–Crippen MR) is 85.3 cm³/mol. The van der Waals surface area contributed by atoms with Crippen LogP contribution in [-0.2, 0) is 10.0 Å². The summed E-state index contributed by atoms with van der Waals surface area (Å²) in [5, 5.41) is 0.586. The van der Waals surface area contributed by atoms with Gasteiger partial charge in [-0.3, -0.25) is 0 Å². The molecule has 4 nitrogen and oxygen atoms in total. The maximum atomic E-state index is 12.3. The van der Waals surface area contributed by atoms with Crippen molar-refractivity contribution < 1.29 is 8.42 Å². The Bertz CT molecular complexity index is 739. The Morgan fingerprint density at radius 1 is 1.00 bits per heavy atom. The normalized spacial score (nSPS) is 12.2. The van der Waals surface area contributed by atoms with Gasteiger partial charge in [-0.05, 0) is 36.4 Å². The van der Waals surface area contributed by atoms with E-state index in [1.54, 1.807) is 61.5 Å². The van der Waals surface area contributed by atoms with Crippen molar-refractivity contribution in [1.29, 1.82) is 0 Å². The lowest BCUT2D eigenvalue weighted by molar-refractivity contribution is 0.592. The summed E-state index contributed by atoms with van der Waals surface area (Å²) in [6.07, 6.45) is 0. The summed E-state index contributed by atoms with van der Waals surface area (Å²) in [6, 6.07) is 15.0. The number of nitrogens with zero attached hydrogens (tertiary/aromatic N) is 2. The summed E-state index contributed by atoms with van der Waals surface area (Å²) >= 11 is 5.85. The highest BCUT2D eigenvalue weighted by atomic mass is 35.5. The number of halogens is 1. The van der Waals surface area contributed by atoms with E-state index in [0.717, 1.165) is 0 Å². The molecule has 6 heteroatoms. The Morgan fingerprint density at radius 2 is 1.57 bits per heavy atom. The van der Waals surface area contributed by atoms with Crippen LogP contribution in [-0.4, -0.2) is 33.2 Å². The van der Waals surface area contributed by atoms with Crippen molar-refractivity contribution in [2.45, 2.75) is 4.90 Å². The van der Waals surface area contributed by atoms with E-state index in [1.807, 2.05) is 0 Å². The lowest BCUT2D eigenvalue weighted by Crippen LogP contribution is -2.24. The first-order chi connectivity index (χ1) is 9.90. The molecule has 0 N–H and O–H groups in total. The number of amidine groups is 1. The largest absolute Gasteiger partial charge is 0.362 e. The maximum absolute atomic E-state index is 12.3. The first-order valence-electron chi connectivity index (χ1n) is 6.23. The Hall–Kier alpha value is -1.85. The third kappa shape index (κ3) is 3.83. The highest BCUT2D eigenvalue weighted by molar-refractivity contribution is 7.90. The monoisotopic (exact) mass is 322 g/mol. The number of rotatable bonds is 3. The molecule has 0 saturated carbocycles. The third-order valence-electron chi connectivity index (χ3n) is 2.77. The van der Waals surface area contributed by atoms with Gasteiger partial charge in [-0.25, -0.2) is 0 Å². The smallest absolute Gasteiger partial charge is 0.284 e. The van der Waals surface area contributed by atoms with Crippen LogP contribution in [0.2, 0.25) is 5.02 Å². The highest BCUT2D eigenvalue weighted by Crippen LogP contribution is 2.16. The first-order valence-corrected chi connectivity index (χ1v) is 8.05. The van der Waals surface area contributed by atoms with Gasteiger partial charge in [0.05, 0.1) is 4.90 Å². The van der Waals surface area contributed by atoms with Gasteiger partial charge in [-0.1, -0.05) is 29.8 Å². The molecule has 0 aliphatic rings. The molecule has 110 valence electrons. The zero-order valence-corrected chi connectivity index (χ0v) is 13.3. The Labute approximate surface area is 129 Å². The Morgan fingerprint density at radius 3 is 2.10 bits per heavy atom. The molecule has 0 bridgehead atoms. The van der Waals surface area contributed by atoms with E-state index in [-0.39, 0.29) is 4.90 Å². The minimum Gasteiger partial charge on any atom is -0.362 e. The van der Waals surface area contributed by atoms with E-state index in [4.69, 9.17) is 11.6 Å². The van der Waals surface area contributed by atoms with Crippen LogP contribution >= 0.6 is 11.6 Å². The molecule has 21 heavy (non-hydrogen) atoms. The molecule has 2 aromatic carbocycles. The second-order valence-corrected chi connectivity index (χ2v) is 6.64. The zero-order valence-electron chi connectivity index (χ0n) is 11.7. The van der Waals surface area contributed by atoms with Gasteiger partial charge in [0.25, 0.3) is 10.0 Å². The van der Waals surface area contributed by atoms with Crippen molar-refractivity contribution in [1.82, 2.24) is 4.90 Å². The molecule has 0 amide bonds. The topological polar surface area (TPSA) is 49.7 Å². The van der Waals surface area contributed by atoms with Gasteiger partial charge >= 0.3 is 0 Å². The Balaban J connectivity index is 2.50. The molecule has 0 spiro atoms. The standard InChI is InChI=1S/C15H15ClN2O2S/c1-18(2)15(12-8-10-13(16)11-9-12)17-21(19,20)14-6-4-3-5-7-14/h3-11H,1-2H3/b17-15-. The van der Waals surface area contributed by atoms with Crippen LogP contribution in [0.1, 0.15) is 5.56 Å². The van der Waals surface area contributed by atoms with Gasteiger partial charge in [-0.2, -0.15) is 8.42 Å². The van der Waals surface area contributed by atoms with Crippen LogP contribution in [0.25, 0.3) is 0 Å². The first kappa shape index (κ1) is 15.5. The third-order valence-corrected chi connectivity index (χ3v) is 4.31. The Kier molecular flexibility index (Phi) is 4.65. The fraction of sp³-hybridized carbons (Fsp3) is 0.133. The van der Waals surface area contributed by atoms with Gasteiger partial charge in [0.1, 0.15) is 5.84 Å². The molecule has 0 aliphatic carbocycles. The van der Waals surface area contributed by atoms with Crippen LogP contribution in [0.15, 0.2) is 63.9 Å². The van der Waals surface area contributed by atoms with Crippen molar-refractivity contribution in [3.63, 3.8) is 0 Å². The van der Waals surface area contributed by atoms with E-state index in [1.165, 1.54) is 12.1 Å². The summed E-state index contributed by atoms with van der Waals surface area (Å²) < 4.78 is 28.6. The van der Waals surface area contributed by atoms with Gasteiger partial charge in [0.2, 0.25) is 0 Å². The van der Waals surface area contributed by atoms with Crippen LogP contribution in [0, 0.1) is 0 Å². The van der Waals surface area contributed by atoms with Gasteiger partial charge in [0, 0.05) is 24.7 Å². The summed E-state index contributed by atoms with van der Waals surface area (Å²) in [5.41, 5.74) is 0.684. The predicted octanol–water partition coefficient (Wildman–Crippen LogP) is 3.04. The quantitative estimate of drug-likeness (QED) is 0.644. The highest BCUT2D eigenvalue weighted by Gasteiger charge is 2.16. The lowest BCUT2D eigenvalue weighted by atomic mass is 10.2. The fourth-order valence-corrected chi connectivity index (χ4v) is 2.98. The molecule has 0 aliphatic heterocycles. The van der Waals surface area contributed by atoms with Gasteiger partial charge in [0.15, 0.2) is 0 Å². The summed E-state index contributed by atoms with van der Waals surface area (Å²) in [7, 11) is -0.261. The van der Waals surface area contributed by atoms with Crippen molar-refractivity contribution >= 4 is 27.5 Å². The van der Waals surface area contributed by atoms with Crippen LogP contribution in [0.5, 0.6) is 0 Å². The molecule has 2 rings (SSSR count). The molecule has 0 aromatic heterocycles. The molecule has 0 fully saturated rings. The molecule has 0 atom stereocenters. The SMILES string of the molecule is CN(C)/C(=N\S(=O)(=O)c1ccccc1)c1ccc(Cl)cc1. The van der Waals surface area contributed by atoms with Gasteiger partial charge < -0.3 is 4.90 Å².